The molecule has 0 aliphatic heterocycles. The van der Waals surface area contributed by atoms with Crippen molar-refractivity contribution in [2.75, 3.05) is 6.61 Å². The Morgan fingerprint density at radius 2 is 1.79 bits per heavy atom. The maximum Gasteiger partial charge on any atom is 0.0624 e. The Kier molecular flexibility index (Phi) is 4.11. The van der Waals surface area contributed by atoms with Crippen molar-refractivity contribution >= 4 is 0 Å². The molecular formula is C12H19NO. The Balaban J connectivity index is 2.68. The molecule has 2 heteroatoms. The number of nitrogens with two attached hydrogens (primary N) is 1. The second-order valence-corrected chi connectivity index (χ2v) is 4.13. The van der Waals surface area contributed by atoms with Crippen LogP contribution in [0.4, 0.5) is 0 Å². The minimum Gasteiger partial charge on any atom is -0.394 e. The molecule has 14 heavy (non-hydrogen) atoms. The highest BCUT2D eigenvalue weighted by Crippen LogP contribution is 2.13. The monoisotopic (exact) mass is 193 g/mol. The van der Waals surface area contributed by atoms with E-state index in [-0.39, 0.29) is 12.6 Å². The third kappa shape index (κ3) is 3.13. The lowest BCUT2D eigenvalue weighted by molar-refractivity contribution is 0.268. The van der Waals surface area contributed by atoms with Gasteiger partial charge in [0.2, 0.25) is 0 Å². The van der Waals surface area contributed by atoms with E-state index in [2.05, 4.69) is 26.0 Å². The van der Waals surface area contributed by atoms with Crippen LogP contribution in [0.5, 0.6) is 0 Å². The number of rotatable bonds is 4. The fourth-order valence-electron chi connectivity index (χ4n) is 1.48. The molecule has 1 atom stereocenters. The standard InChI is InChI=1S/C12H19NO/c1-9(2)7-10-3-5-11(6-4-10)12(13)8-14/h3-6,9,12,14H,7-8,13H2,1-2H3/t12-/m0/s1. The van der Waals surface area contributed by atoms with Crippen LogP contribution in [-0.2, 0) is 6.42 Å². The van der Waals surface area contributed by atoms with Gasteiger partial charge in [-0.05, 0) is 23.5 Å². The van der Waals surface area contributed by atoms with E-state index in [4.69, 9.17) is 10.8 Å². The van der Waals surface area contributed by atoms with Crippen LogP contribution in [0.1, 0.15) is 31.0 Å². The summed E-state index contributed by atoms with van der Waals surface area (Å²) in [5.74, 6) is 0.673. The van der Waals surface area contributed by atoms with Crippen LogP contribution in [-0.4, -0.2) is 11.7 Å². The Hall–Kier alpha value is -0.860. The molecular weight excluding hydrogens is 174 g/mol. The van der Waals surface area contributed by atoms with Gasteiger partial charge in [0, 0.05) is 0 Å². The van der Waals surface area contributed by atoms with Gasteiger partial charge in [0.15, 0.2) is 0 Å². The van der Waals surface area contributed by atoms with E-state index in [9.17, 15) is 0 Å². The fourth-order valence-corrected chi connectivity index (χ4v) is 1.48. The number of benzene rings is 1. The van der Waals surface area contributed by atoms with Gasteiger partial charge in [0.05, 0.1) is 12.6 Å². The highest BCUT2D eigenvalue weighted by molar-refractivity contribution is 5.25. The van der Waals surface area contributed by atoms with Crippen LogP contribution in [0, 0.1) is 5.92 Å². The van der Waals surface area contributed by atoms with Crippen LogP contribution < -0.4 is 5.73 Å². The zero-order valence-corrected chi connectivity index (χ0v) is 8.90. The molecule has 0 aromatic heterocycles. The van der Waals surface area contributed by atoms with Gasteiger partial charge >= 0.3 is 0 Å². The molecule has 0 aliphatic carbocycles. The van der Waals surface area contributed by atoms with Crippen molar-refractivity contribution in [3.63, 3.8) is 0 Å². The molecule has 2 nitrogen and oxygen atoms in total. The number of hydrogen-bond acceptors (Lipinski definition) is 2. The predicted octanol–water partition coefficient (Wildman–Crippen LogP) is 1.88. The molecule has 0 bridgehead atoms. The Bertz CT molecular complexity index is 266. The van der Waals surface area contributed by atoms with Gasteiger partial charge in [-0.3, -0.25) is 0 Å². The van der Waals surface area contributed by atoms with E-state index in [0.29, 0.717) is 5.92 Å². The summed E-state index contributed by atoms with van der Waals surface area (Å²) in [7, 11) is 0. The second-order valence-electron chi connectivity index (χ2n) is 4.13. The summed E-state index contributed by atoms with van der Waals surface area (Å²) in [6, 6.07) is 7.93. The van der Waals surface area contributed by atoms with Gasteiger partial charge in [-0.1, -0.05) is 38.1 Å². The first-order valence-corrected chi connectivity index (χ1v) is 5.08. The lowest BCUT2D eigenvalue weighted by atomic mass is 10.00. The predicted molar refractivity (Wildman–Crippen MR) is 59.0 cm³/mol. The molecule has 1 aromatic rings. The maximum absolute atomic E-state index is 8.88. The zero-order valence-electron chi connectivity index (χ0n) is 8.90. The summed E-state index contributed by atoms with van der Waals surface area (Å²) in [6.07, 6.45) is 1.09. The Morgan fingerprint density at radius 1 is 1.21 bits per heavy atom. The van der Waals surface area contributed by atoms with E-state index in [0.717, 1.165) is 12.0 Å². The smallest absolute Gasteiger partial charge is 0.0624 e. The van der Waals surface area contributed by atoms with Crippen molar-refractivity contribution in [2.45, 2.75) is 26.3 Å². The van der Waals surface area contributed by atoms with E-state index in [1.165, 1.54) is 5.56 Å². The summed E-state index contributed by atoms with van der Waals surface area (Å²) in [4.78, 5) is 0. The van der Waals surface area contributed by atoms with Gasteiger partial charge in [0.25, 0.3) is 0 Å². The average molecular weight is 193 g/mol. The highest BCUT2D eigenvalue weighted by atomic mass is 16.3. The van der Waals surface area contributed by atoms with Gasteiger partial charge in [0.1, 0.15) is 0 Å². The summed E-state index contributed by atoms with van der Waals surface area (Å²) in [5.41, 5.74) is 8.02. The highest BCUT2D eigenvalue weighted by Gasteiger charge is 2.04. The molecule has 0 spiro atoms. The fraction of sp³-hybridized carbons (Fsp3) is 0.500. The second kappa shape index (κ2) is 5.13. The molecule has 3 N–H and O–H groups in total. The number of aliphatic hydroxyl groups is 1. The van der Waals surface area contributed by atoms with Gasteiger partial charge in [-0.25, -0.2) is 0 Å². The third-order valence-electron chi connectivity index (χ3n) is 2.25. The molecule has 78 valence electrons. The van der Waals surface area contributed by atoms with E-state index in [1.54, 1.807) is 0 Å². The lowest BCUT2D eigenvalue weighted by Gasteiger charge is -2.10. The largest absolute Gasteiger partial charge is 0.394 e. The first kappa shape index (κ1) is 11.2. The van der Waals surface area contributed by atoms with Crippen LogP contribution >= 0.6 is 0 Å². The normalized spacial score (nSPS) is 13.2. The summed E-state index contributed by atoms with van der Waals surface area (Å²) in [6.45, 7) is 4.41. The Labute approximate surface area is 85.8 Å². The quantitative estimate of drug-likeness (QED) is 0.767. The van der Waals surface area contributed by atoms with Crippen LogP contribution in [0.25, 0.3) is 0 Å². The van der Waals surface area contributed by atoms with Crippen molar-refractivity contribution in [2.24, 2.45) is 11.7 Å². The van der Waals surface area contributed by atoms with E-state index >= 15 is 0 Å². The SMILES string of the molecule is CC(C)Cc1ccc([C@@H](N)CO)cc1. The topological polar surface area (TPSA) is 46.2 Å². The molecule has 0 aliphatic rings. The van der Waals surface area contributed by atoms with Crippen molar-refractivity contribution in [3.8, 4) is 0 Å². The summed E-state index contributed by atoms with van der Waals surface area (Å²) in [5, 5.41) is 8.88. The Morgan fingerprint density at radius 3 is 2.21 bits per heavy atom. The molecule has 1 rings (SSSR count). The molecule has 1 aromatic carbocycles. The van der Waals surface area contributed by atoms with Crippen LogP contribution in [0.2, 0.25) is 0 Å². The molecule has 0 saturated heterocycles. The van der Waals surface area contributed by atoms with Crippen molar-refractivity contribution in [1.82, 2.24) is 0 Å². The van der Waals surface area contributed by atoms with Crippen molar-refractivity contribution < 1.29 is 5.11 Å². The van der Waals surface area contributed by atoms with E-state index in [1.807, 2.05) is 12.1 Å². The number of aliphatic hydroxyl groups excluding tert-OH is 1. The van der Waals surface area contributed by atoms with Gasteiger partial charge in [-0.15, -0.1) is 0 Å². The van der Waals surface area contributed by atoms with Crippen molar-refractivity contribution in [1.29, 1.82) is 0 Å². The number of hydrogen-bond donors (Lipinski definition) is 2. The van der Waals surface area contributed by atoms with Gasteiger partial charge < -0.3 is 10.8 Å². The minimum absolute atomic E-state index is 0.00350. The first-order chi connectivity index (χ1) is 6.63. The van der Waals surface area contributed by atoms with Crippen molar-refractivity contribution in [3.05, 3.63) is 35.4 Å². The molecule has 0 amide bonds. The zero-order chi connectivity index (χ0) is 10.6. The molecule has 0 saturated carbocycles. The first-order valence-electron chi connectivity index (χ1n) is 5.08. The summed E-state index contributed by atoms with van der Waals surface area (Å²) < 4.78 is 0. The average Bonchev–Trinajstić information content (AvgIpc) is 2.17. The van der Waals surface area contributed by atoms with Gasteiger partial charge in [-0.2, -0.15) is 0 Å². The summed E-state index contributed by atoms with van der Waals surface area (Å²) >= 11 is 0. The molecule has 0 fully saturated rings. The molecule has 0 unspecified atom stereocenters. The third-order valence-corrected chi connectivity index (χ3v) is 2.25. The molecule has 0 radical (unpaired) electrons. The maximum atomic E-state index is 8.88. The van der Waals surface area contributed by atoms with Crippen LogP contribution in [0.3, 0.4) is 0 Å². The molecule has 0 heterocycles. The lowest BCUT2D eigenvalue weighted by Crippen LogP contribution is -2.14. The van der Waals surface area contributed by atoms with Crippen LogP contribution in [0.15, 0.2) is 24.3 Å². The van der Waals surface area contributed by atoms with E-state index < -0.39 is 0 Å². The minimum atomic E-state index is -0.247.